The molecule has 3 N–H and O–H groups in total. The molecule has 0 aromatic heterocycles. The molecule has 1 aromatic carbocycles. The zero-order chi connectivity index (χ0) is 14.5. The number of rotatable bonds is 5. The van der Waals surface area contributed by atoms with Crippen LogP contribution in [-0.4, -0.2) is 51.0 Å². The third-order valence-corrected chi connectivity index (χ3v) is 3.47. The van der Waals surface area contributed by atoms with Crippen LogP contribution in [0, 0.1) is 5.92 Å². The number of aliphatic hydroxyl groups is 1. The Labute approximate surface area is 130 Å². The fraction of sp³-hybridized carbons (Fsp3) is 0.500. The molecule has 2 rings (SSSR count). The van der Waals surface area contributed by atoms with Crippen molar-refractivity contribution in [2.24, 2.45) is 5.92 Å². The van der Waals surface area contributed by atoms with Gasteiger partial charge in [0.15, 0.2) is 11.5 Å². The molecule has 2 unspecified atom stereocenters. The summed E-state index contributed by atoms with van der Waals surface area (Å²) in [6.07, 6.45) is -0.402. The Balaban J connectivity index is 0.00000220. The van der Waals surface area contributed by atoms with E-state index >= 15 is 0 Å². The predicted octanol–water partition coefficient (Wildman–Crippen LogP) is 0.436. The Bertz CT molecular complexity index is 484. The Hall–Kier alpha value is -1.50. The number of amides is 1. The van der Waals surface area contributed by atoms with Crippen LogP contribution in [0.3, 0.4) is 0 Å². The zero-order valence-electron chi connectivity index (χ0n) is 12.1. The summed E-state index contributed by atoms with van der Waals surface area (Å²) in [6.45, 7) is 1.74. The van der Waals surface area contributed by atoms with Gasteiger partial charge in [-0.1, -0.05) is 0 Å². The van der Waals surface area contributed by atoms with Gasteiger partial charge in [0, 0.05) is 31.1 Å². The van der Waals surface area contributed by atoms with Gasteiger partial charge in [-0.05, 0) is 18.2 Å². The average molecular weight is 317 g/mol. The summed E-state index contributed by atoms with van der Waals surface area (Å²) in [5.41, 5.74) is 0.503. The number of carbonyl (C=O) groups excluding carboxylic acids is 1. The van der Waals surface area contributed by atoms with Crippen LogP contribution in [0.5, 0.6) is 11.5 Å². The van der Waals surface area contributed by atoms with E-state index < -0.39 is 6.10 Å². The maximum absolute atomic E-state index is 12.1. The lowest BCUT2D eigenvalue weighted by Gasteiger charge is -2.14. The first-order chi connectivity index (χ1) is 9.65. The van der Waals surface area contributed by atoms with Crippen LogP contribution >= 0.6 is 12.4 Å². The smallest absolute Gasteiger partial charge is 0.251 e. The second-order valence-electron chi connectivity index (χ2n) is 4.77. The van der Waals surface area contributed by atoms with E-state index in [1.54, 1.807) is 25.3 Å². The fourth-order valence-corrected chi connectivity index (χ4v) is 2.23. The fourth-order valence-electron chi connectivity index (χ4n) is 2.23. The van der Waals surface area contributed by atoms with Gasteiger partial charge in [0.05, 0.1) is 20.3 Å². The van der Waals surface area contributed by atoms with Crippen LogP contribution < -0.4 is 20.1 Å². The van der Waals surface area contributed by atoms with Crippen LogP contribution in [0.1, 0.15) is 10.4 Å². The summed E-state index contributed by atoms with van der Waals surface area (Å²) in [5.74, 6) is 0.964. The number of benzene rings is 1. The second kappa shape index (κ2) is 8.07. The second-order valence-corrected chi connectivity index (χ2v) is 4.77. The molecule has 1 aromatic rings. The van der Waals surface area contributed by atoms with Gasteiger partial charge in [-0.15, -0.1) is 12.4 Å². The third-order valence-electron chi connectivity index (χ3n) is 3.47. The van der Waals surface area contributed by atoms with Crippen molar-refractivity contribution in [3.8, 4) is 11.5 Å². The van der Waals surface area contributed by atoms with Crippen LogP contribution in [0.4, 0.5) is 0 Å². The highest BCUT2D eigenvalue weighted by molar-refractivity contribution is 5.94. The Morgan fingerprint density at radius 1 is 1.33 bits per heavy atom. The van der Waals surface area contributed by atoms with E-state index in [0.717, 1.165) is 0 Å². The standard InChI is InChI=1S/C14H20N2O4.ClH/c1-19-12-4-3-9(5-13(12)20-2)14(18)16-7-10-6-15-8-11(10)17;/h3-5,10-11,15,17H,6-8H2,1-2H3,(H,16,18);1H. The number of carbonyl (C=O) groups is 1. The number of ether oxygens (including phenoxy) is 2. The SMILES string of the molecule is COc1ccc(C(=O)NCC2CNCC2O)cc1OC.Cl. The van der Waals surface area contributed by atoms with E-state index in [9.17, 15) is 9.90 Å². The number of β-amino-alcohol motifs (C(OH)–C–C–N with tert-alkyl or cyclic N) is 1. The van der Waals surface area contributed by atoms with E-state index in [0.29, 0.717) is 36.7 Å². The summed E-state index contributed by atoms with van der Waals surface area (Å²) in [5, 5.41) is 15.6. The maximum atomic E-state index is 12.1. The number of halogens is 1. The average Bonchev–Trinajstić information content (AvgIpc) is 2.89. The quantitative estimate of drug-likeness (QED) is 0.734. The molecular weight excluding hydrogens is 296 g/mol. The number of nitrogens with one attached hydrogen (secondary N) is 2. The highest BCUT2D eigenvalue weighted by atomic mass is 35.5. The molecular formula is C14H21ClN2O4. The number of hydrogen-bond donors (Lipinski definition) is 3. The maximum Gasteiger partial charge on any atom is 0.251 e. The molecule has 6 nitrogen and oxygen atoms in total. The minimum atomic E-state index is -0.402. The van der Waals surface area contributed by atoms with Crippen LogP contribution in [0.2, 0.25) is 0 Å². The van der Waals surface area contributed by atoms with Gasteiger partial charge in [-0.3, -0.25) is 4.79 Å². The first-order valence-corrected chi connectivity index (χ1v) is 6.54. The van der Waals surface area contributed by atoms with E-state index in [2.05, 4.69) is 10.6 Å². The first kappa shape index (κ1) is 17.6. The number of methoxy groups -OCH3 is 2. The van der Waals surface area contributed by atoms with Crippen LogP contribution in [0.15, 0.2) is 18.2 Å². The van der Waals surface area contributed by atoms with Crippen molar-refractivity contribution < 1.29 is 19.4 Å². The summed E-state index contributed by atoms with van der Waals surface area (Å²) in [7, 11) is 3.08. The minimum absolute atomic E-state index is 0. The molecule has 118 valence electrons. The van der Waals surface area contributed by atoms with Crippen molar-refractivity contribution in [2.75, 3.05) is 33.9 Å². The molecule has 0 saturated carbocycles. The molecule has 1 aliphatic heterocycles. The molecule has 1 amide bonds. The molecule has 21 heavy (non-hydrogen) atoms. The van der Waals surface area contributed by atoms with Gasteiger partial charge in [0.1, 0.15) is 0 Å². The molecule has 0 spiro atoms. The molecule has 0 bridgehead atoms. The van der Waals surface area contributed by atoms with Gasteiger partial charge in [0.2, 0.25) is 0 Å². The minimum Gasteiger partial charge on any atom is -0.493 e. The molecule has 0 radical (unpaired) electrons. The van der Waals surface area contributed by atoms with Crippen LogP contribution in [0.25, 0.3) is 0 Å². The lowest BCUT2D eigenvalue weighted by molar-refractivity contribution is 0.0926. The summed E-state index contributed by atoms with van der Waals surface area (Å²) < 4.78 is 10.3. The zero-order valence-corrected chi connectivity index (χ0v) is 12.9. The summed E-state index contributed by atoms with van der Waals surface area (Å²) in [6, 6.07) is 5.01. The lowest BCUT2D eigenvalue weighted by atomic mass is 10.1. The van der Waals surface area contributed by atoms with Crippen molar-refractivity contribution in [1.29, 1.82) is 0 Å². The molecule has 7 heteroatoms. The van der Waals surface area contributed by atoms with Gasteiger partial charge in [-0.2, -0.15) is 0 Å². The molecule has 2 atom stereocenters. The van der Waals surface area contributed by atoms with Crippen molar-refractivity contribution in [1.82, 2.24) is 10.6 Å². The molecule has 1 aliphatic rings. The number of hydrogen-bond acceptors (Lipinski definition) is 5. The van der Waals surface area contributed by atoms with Gasteiger partial charge in [-0.25, -0.2) is 0 Å². The highest BCUT2D eigenvalue weighted by Gasteiger charge is 2.25. The van der Waals surface area contributed by atoms with Crippen molar-refractivity contribution in [2.45, 2.75) is 6.10 Å². The molecule has 1 heterocycles. The summed E-state index contributed by atoms with van der Waals surface area (Å²) in [4.78, 5) is 12.1. The molecule has 1 saturated heterocycles. The predicted molar refractivity (Wildman–Crippen MR) is 81.5 cm³/mol. The first-order valence-electron chi connectivity index (χ1n) is 6.54. The molecule has 1 fully saturated rings. The Morgan fingerprint density at radius 3 is 2.62 bits per heavy atom. The summed E-state index contributed by atoms with van der Waals surface area (Å²) >= 11 is 0. The van der Waals surface area contributed by atoms with Crippen molar-refractivity contribution in [3.63, 3.8) is 0 Å². The topological polar surface area (TPSA) is 79.8 Å². The van der Waals surface area contributed by atoms with E-state index in [1.807, 2.05) is 0 Å². The van der Waals surface area contributed by atoms with Crippen molar-refractivity contribution in [3.05, 3.63) is 23.8 Å². The monoisotopic (exact) mass is 316 g/mol. The van der Waals surface area contributed by atoms with E-state index in [-0.39, 0.29) is 24.2 Å². The third kappa shape index (κ3) is 4.23. The lowest BCUT2D eigenvalue weighted by Crippen LogP contribution is -2.34. The largest absolute Gasteiger partial charge is 0.493 e. The Kier molecular flexibility index (Phi) is 6.74. The number of aliphatic hydroxyl groups excluding tert-OH is 1. The van der Waals surface area contributed by atoms with Gasteiger partial charge in [0.25, 0.3) is 5.91 Å². The highest BCUT2D eigenvalue weighted by Crippen LogP contribution is 2.27. The van der Waals surface area contributed by atoms with Crippen LogP contribution in [-0.2, 0) is 0 Å². The normalized spacial score (nSPS) is 20.5. The van der Waals surface area contributed by atoms with Gasteiger partial charge < -0.3 is 25.2 Å². The molecule has 0 aliphatic carbocycles. The van der Waals surface area contributed by atoms with Gasteiger partial charge >= 0.3 is 0 Å². The Morgan fingerprint density at radius 2 is 2.05 bits per heavy atom. The van der Waals surface area contributed by atoms with E-state index in [1.165, 1.54) is 7.11 Å². The van der Waals surface area contributed by atoms with E-state index in [4.69, 9.17) is 9.47 Å². The van der Waals surface area contributed by atoms with Crippen molar-refractivity contribution >= 4 is 18.3 Å².